The van der Waals surface area contributed by atoms with Crippen LogP contribution in [0.2, 0.25) is 0 Å². The lowest BCUT2D eigenvalue weighted by atomic mass is 9.99. The number of phenols is 1. The molecule has 3 aromatic rings. The van der Waals surface area contributed by atoms with Crippen LogP contribution in [0.4, 0.5) is 0 Å². The second-order valence-electron chi connectivity index (χ2n) is 7.23. The third-order valence-electron chi connectivity index (χ3n) is 4.51. The highest BCUT2D eigenvalue weighted by Crippen LogP contribution is 2.41. The average Bonchev–Trinajstić information content (AvgIpc) is 3.16. The van der Waals surface area contributed by atoms with Crippen molar-refractivity contribution in [2.75, 3.05) is 7.11 Å². The number of carboxylic acids is 1. The average molecular weight is 426 g/mol. The molecule has 3 rings (SSSR count). The molecule has 0 fully saturated rings. The van der Waals surface area contributed by atoms with Crippen molar-refractivity contribution in [3.05, 3.63) is 53.5 Å². The van der Waals surface area contributed by atoms with Crippen LogP contribution in [0.3, 0.4) is 0 Å². The Balaban J connectivity index is 1.93. The Morgan fingerprint density at radius 3 is 2.50 bits per heavy atom. The molecule has 0 aliphatic heterocycles. The molecule has 1 amide bonds. The van der Waals surface area contributed by atoms with Crippen LogP contribution in [0.5, 0.6) is 11.5 Å². The van der Waals surface area contributed by atoms with E-state index in [2.05, 4.69) is 10.3 Å². The Bertz CT molecular complexity index is 1080. The molecule has 3 N–H and O–H groups in total. The number of nitrogens with zero attached hydrogens (tertiary/aromatic N) is 1. The Labute approximate surface area is 178 Å². The number of carbonyl (C=O) groups excluding carboxylic acids is 1. The number of phenolic OH excluding ortho intramolecular Hbond substituents is 1. The molecule has 0 saturated carbocycles. The van der Waals surface area contributed by atoms with E-state index in [1.807, 2.05) is 30.3 Å². The van der Waals surface area contributed by atoms with E-state index in [4.69, 9.17) is 9.84 Å². The number of hydrogen-bond acceptors (Lipinski definition) is 6. The second kappa shape index (κ2) is 8.54. The van der Waals surface area contributed by atoms with Gasteiger partial charge in [-0.2, -0.15) is 0 Å². The number of aromatic hydroxyl groups is 1. The van der Waals surface area contributed by atoms with Gasteiger partial charge >= 0.3 is 5.97 Å². The molecule has 0 aliphatic carbocycles. The lowest BCUT2D eigenvalue weighted by molar-refractivity contribution is -0.145. The van der Waals surface area contributed by atoms with Gasteiger partial charge < -0.3 is 20.3 Å². The van der Waals surface area contributed by atoms with Gasteiger partial charge in [0.05, 0.1) is 19.2 Å². The number of hydrogen-bond donors (Lipinski definition) is 3. The van der Waals surface area contributed by atoms with Crippen LogP contribution in [0.25, 0.3) is 21.7 Å². The summed E-state index contributed by atoms with van der Waals surface area (Å²) in [5.41, 5.74) is 1.62. The molecule has 1 heterocycles. The lowest BCUT2D eigenvalue weighted by Crippen LogP contribution is -2.50. The van der Waals surface area contributed by atoms with Gasteiger partial charge in [-0.1, -0.05) is 30.3 Å². The van der Waals surface area contributed by atoms with Crippen LogP contribution in [0, 0.1) is 0 Å². The molecule has 0 aliphatic rings. The molecule has 0 radical (unpaired) electrons. The largest absolute Gasteiger partial charge is 0.504 e. The first-order valence-corrected chi connectivity index (χ1v) is 10.0. The molecule has 30 heavy (non-hydrogen) atoms. The predicted octanol–water partition coefficient (Wildman–Crippen LogP) is 3.71. The number of rotatable bonds is 7. The van der Waals surface area contributed by atoms with Gasteiger partial charge in [0.2, 0.25) is 5.91 Å². The molecule has 1 aromatic heterocycles. The number of amides is 1. The molecule has 2 aromatic carbocycles. The van der Waals surface area contributed by atoms with Gasteiger partial charge in [-0.3, -0.25) is 4.79 Å². The van der Waals surface area contributed by atoms with E-state index in [1.54, 1.807) is 17.5 Å². The van der Waals surface area contributed by atoms with Crippen LogP contribution in [-0.2, 0) is 16.0 Å². The van der Waals surface area contributed by atoms with E-state index in [9.17, 15) is 14.7 Å². The van der Waals surface area contributed by atoms with Crippen molar-refractivity contribution >= 4 is 23.2 Å². The number of methoxy groups -OCH3 is 1. The topological polar surface area (TPSA) is 109 Å². The van der Waals surface area contributed by atoms with Gasteiger partial charge in [-0.15, -0.1) is 11.3 Å². The number of aliphatic carboxylic acids is 1. The third kappa shape index (κ3) is 4.60. The summed E-state index contributed by atoms with van der Waals surface area (Å²) in [6, 6.07) is 12.9. The third-order valence-corrected chi connectivity index (χ3v) is 5.44. The standard InChI is InChI=1S/C22H22N2O5S/c1-22(2,21(27)28)24-19(26)9-14-12-30-20(23-14)16-11-18(29-3)17(25)10-15(16)13-7-5-4-6-8-13/h4-8,10-12,25H,9H2,1-3H3,(H,24,26)(H,27,28). The van der Waals surface area contributed by atoms with E-state index < -0.39 is 17.4 Å². The van der Waals surface area contributed by atoms with Gasteiger partial charge in [-0.25, -0.2) is 9.78 Å². The molecule has 0 spiro atoms. The highest BCUT2D eigenvalue weighted by Gasteiger charge is 2.29. The SMILES string of the molecule is COc1cc(-c2nc(CC(=O)NC(C)(C)C(=O)O)cs2)c(-c2ccccc2)cc1O. The summed E-state index contributed by atoms with van der Waals surface area (Å²) in [5, 5.41) is 24.3. The summed E-state index contributed by atoms with van der Waals surface area (Å²) in [5.74, 6) is -1.20. The van der Waals surface area contributed by atoms with Crippen molar-refractivity contribution in [1.29, 1.82) is 0 Å². The molecule has 8 heteroatoms. The fourth-order valence-electron chi connectivity index (χ4n) is 2.89. The zero-order valence-electron chi connectivity index (χ0n) is 16.8. The van der Waals surface area contributed by atoms with E-state index in [1.165, 1.54) is 32.3 Å². The maximum Gasteiger partial charge on any atom is 0.328 e. The van der Waals surface area contributed by atoms with Crippen LogP contribution >= 0.6 is 11.3 Å². The van der Waals surface area contributed by atoms with Crippen LogP contribution in [0.15, 0.2) is 47.8 Å². The minimum atomic E-state index is -1.36. The van der Waals surface area contributed by atoms with Crippen molar-refractivity contribution in [1.82, 2.24) is 10.3 Å². The number of aromatic nitrogens is 1. The monoisotopic (exact) mass is 426 g/mol. The summed E-state index contributed by atoms with van der Waals surface area (Å²) in [4.78, 5) is 28.0. The Morgan fingerprint density at radius 2 is 1.87 bits per heavy atom. The smallest absolute Gasteiger partial charge is 0.328 e. The first-order valence-electron chi connectivity index (χ1n) is 9.17. The molecule has 0 bridgehead atoms. The Hall–Kier alpha value is -3.39. The van der Waals surface area contributed by atoms with Gasteiger partial charge in [0.15, 0.2) is 11.5 Å². The fraction of sp³-hybridized carbons (Fsp3) is 0.227. The van der Waals surface area contributed by atoms with E-state index in [0.29, 0.717) is 16.5 Å². The van der Waals surface area contributed by atoms with Crippen LogP contribution < -0.4 is 10.1 Å². The first-order chi connectivity index (χ1) is 14.2. The second-order valence-corrected chi connectivity index (χ2v) is 8.09. The Morgan fingerprint density at radius 1 is 1.17 bits per heavy atom. The quantitative estimate of drug-likeness (QED) is 0.531. The maximum absolute atomic E-state index is 12.2. The normalized spacial score (nSPS) is 11.2. The summed E-state index contributed by atoms with van der Waals surface area (Å²) >= 11 is 1.36. The zero-order valence-corrected chi connectivity index (χ0v) is 17.6. The Kier molecular flexibility index (Phi) is 6.07. The molecule has 0 atom stereocenters. The fourth-order valence-corrected chi connectivity index (χ4v) is 3.74. The number of thiazole rings is 1. The van der Waals surface area contributed by atoms with Crippen LogP contribution in [-0.4, -0.2) is 39.7 Å². The van der Waals surface area contributed by atoms with E-state index >= 15 is 0 Å². The van der Waals surface area contributed by atoms with Crippen molar-refractivity contribution in [3.8, 4) is 33.2 Å². The summed E-state index contributed by atoms with van der Waals surface area (Å²) < 4.78 is 5.25. The highest BCUT2D eigenvalue weighted by atomic mass is 32.1. The summed E-state index contributed by atoms with van der Waals surface area (Å²) in [7, 11) is 1.48. The van der Waals surface area contributed by atoms with Gasteiger partial charge in [0.1, 0.15) is 10.5 Å². The summed E-state index contributed by atoms with van der Waals surface area (Å²) in [6.07, 6.45) is -0.0386. The van der Waals surface area contributed by atoms with Crippen molar-refractivity contribution in [2.24, 2.45) is 0 Å². The first kappa shape index (κ1) is 21.3. The van der Waals surface area contributed by atoms with Crippen molar-refractivity contribution in [3.63, 3.8) is 0 Å². The molecule has 0 unspecified atom stereocenters. The molecule has 156 valence electrons. The highest BCUT2D eigenvalue weighted by molar-refractivity contribution is 7.13. The molecule has 7 nitrogen and oxygen atoms in total. The number of carbonyl (C=O) groups is 2. The van der Waals surface area contributed by atoms with Gasteiger partial charge in [0, 0.05) is 10.9 Å². The predicted molar refractivity (Wildman–Crippen MR) is 115 cm³/mol. The minimum Gasteiger partial charge on any atom is -0.504 e. The number of nitrogens with one attached hydrogen (secondary N) is 1. The number of carboxylic acid groups (broad SMARTS) is 1. The van der Waals surface area contributed by atoms with Crippen LogP contribution in [0.1, 0.15) is 19.5 Å². The maximum atomic E-state index is 12.2. The minimum absolute atomic E-state index is 0.0205. The molecular weight excluding hydrogens is 404 g/mol. The molecule has 0 saturated heterocycles. The van der Waals surface area contributed by atoms with Crippen molar-refractivity contribution < 1.29 is 24.5 Å². The van der Waals surface area contributed by atoms with Gasteiger partial charge in [0.25, 0.3) is 0 Å². The van der Waals surface area contributed by atoms with Gasteiger partial charge in [-0.05, 0) is 37.1 Å². The zero-order chi connectivity index (χ0) is 21.9. The van der Waals surface area contributed by atoms with E-state index in [0.717, 1.165) is 16.7 Å². The van der Waals surface area contributed by atoms with Crippen molar-refractivity contribution in [2.45, 2.75) is 25.8 Å². The molecular formula is C22H22N2O5S. The lowest BCUT2D eigenvalue weighted by Gasteiger charge is -2.20. The summed E-state index contributed by atoms with van der Waals surface area (Å²) in [6.45, 7) is 2.85. The number of ether oxygens (including phenoxy) is 1. The number of benzene rings is 2. The van der Waals surface area contributed by atoms with E-state index in [-0.39, 0.29) is 12.2 Å².